The summed E-state index contributed by atoms with van der Waals surface area (Å²) in [5.41, 5.74) is 6.53. The zero-order valence-corrected chi connectivity index (χ0v) is 22.0. The Morgan fingerprint density at radius 1 is 1.15 bits per heavy atom. The molecule has 0 unspecified atom stereocenters. The number of esters is 1. The van der Waals surface area contributed by atoms with Gasteiger partial charge in [-0.25, -0.2) is 9.98 Å². The van der Waals surface area contributed by atoms with E-state index in [-0.39, 0.29) is 47.7 Å². The minimum atomic E-state index is -0.211. The third-order valence-corrected chi connectivity index (χ3v) is 6.21. The van der Waals surface area contributed by atoms with Crippen molar-refractivity contribution in [1.29, 1.82) is 0 Å². The zero-order valence-electron chi connectivity index (χ0n) is 19.7. The summed E-state index contributed by atoms with van der Waals surface area (Å²) < 4.78 is 5.18. The fourth-order valence-corrected chi connectivity index (χ4v) is 4.39. The van der Waals surface area contributed by atoms with Crippen LogP contribution in [-0.2, 0) is 20.9 Å². The molecule has 2 aliphatic heterocycles. The van der Waals surface area contributed by atoms with Crippen LogP contribution < -0.4 is 16.0 Å². The summed E-state index contributed by atoms with van der Waals surface area (Å²) in [4.78, 5) is 37.4. The first-order valence-corrected chi connectivity index (χ1v) is 11.7. The number of pyridine rings is 1. The topological polar surface area (TPSA) is 113 Å². The van der Waals surface area contributed by atoms with E-state index in [1.54, 1.807) is 6.20 Å². The third kappa shape index (κ3) is 7.44. The maximum atomic E-state index is 12.0. The van der Waals surface area contributed by atoms with Gasteiger partial charge in [0.25, 0.3) is 0 Å². The fraction of sp³-hybridized carbons (Fsp3) is 0.652. The van der Waals surface area contributed by atoms with E-state index in [4.69, 9.17) is 15.5 Å². The van der Waals surface area contributed by atoms with Gasteiger partial charge >= 0.3 is 5.97 Å². The van der Waals surface area contributed by atoms with Gasteiger partial charge in [0.2, 0.25) is 5.91 Å². The number of primary amides is 1. The number of piperidine rings is 2. The number of nitrogens with two attached hydrogens (primary N) is 1. The van der Waals surface area contributed by atoms with E-state index in [0.717, 1.165) is 75.7 Å². The molecule has 2 fully saturated rings. The number of carbonyl (C=O) groups excluding carboxylic acids is 2. The highest BCUT2D eigenvalue weighted by atomic mass is 127. The molecule has 1 aromatic rings. The average Bonchev–Trinajstić information content (AvgIpc) is 2.82. The largest absolute Gasteiger partial charge is 0.466 e. The molecule has 9 nitrogen and oxygen atoms in total. The van der Waals surface area contributed by atoms with Crippen molar-refractivity contribution in [2.45, 2.75) is 46.1 Å². The Labute approximate surface area is 213 Å². The fourth-order valence-electron chi connectivity index (χ4n) is 4.39. The van der Waals surface area contributed by atoms with Gasteiger partial charge in [0.05, 0.1) is 19.1 Å². The van der Waals surface area contributed by atoms with Crippen LogP contribution in [0.15, 0.2) is 23.3 Å². The molecule has 3 rings (SSSR count). The van der Waals surface area contributed by atoms with Gasteiger partial charge in [-0.05, 0) is 45.6 Å². The maximum absolute atomic E-state index is 12.0. The van der Waals surface area contributed by atoms with E-state index < -0.39 is 0 Å². The van der Waals surface area contributed by atoms with E-state index in [0.29, 0.717) is 13.2 Å². The van der Waals surface area contributed by atoms with Gasteiger partial charge in [0.15, 0.2) is 5.96 Å². The highest BCUT2D eigenvalue weighted by Crippen LogP contribution is 2.25. The van der Waals surface area contributed by atoms with Crippen LogP contribution in [0.5, 0.6) is 0 Å². The van der Waals surface area contributed by atoms with Gasteiger partial charge in [-0.2, -0.15) is 0 Å². The van der Waals surface area contributed by atoms with Crippen LogP contribution in [-0.4, -0.2) is 67.1 Å². The first-order chi connectivity index (χ1) is 15.5. The Kier molecular flexibility index (Phi) is 11.2. The Morgan fingerprint density at radius 3 is 2.42 bits per heavy atom. The Morgan fingerprint density at radius 2 is 1.82 bits per heavy atom. The highest BCUT2D eigenvalue weighted by Gasteiger charge is 2.28. The molecule has 1 aromatic heterocycles. The first-order valence-electron chi connectivity index (χ1n) is 11.7. The van der Waals surface area contributed by atoms with Crippen molar-refractivity contribution >= 4 is 47.6 Å². The number of aromatic nitrogens is 1. The second kappa shape index (κ2) is 13.6. The summed E-state index contributed by atoms with van der Waals surface area (Å²) in [6.45, 7) is 8.69. The van der Waals surface area contributed by atoms with E-state index in [9.17, 15) is 9.59 Å². The molecule has 3 heterocycles. The lowest BCUT2D eigenvalue weighted by atomic mass is 9.96. The number of ether oxygens (including phenoxy) is 1. The molecule has 0 saturated carbocycles. The van der Waals surface area contributed by atoms with E-state index in [1.165, 1.54) is 0 Å². The van der Waals surface area contributed by atoms with Crippen molar-refractivity contribution in [3.63, 3.8) is 0 Å². The van der Waals surface area contributed by atoms with Crippen molar-refractivity contribution in [2.75, 3.05) is 44.2 Å². The van der Waals surface area contributed by atoms with Crippen LogP contribution in [0.2, 0.25) is 0 Å². The summed E-state index contributed by atoms with van der Waals surface area (Å²) in [7, 11) is 0. The predicted molar refractivity (Wildman–Crippen MR) is 140 cm³/mol. The van der Waals surface area contributed by atoms with Crippen molar-refractivity contribution in [3.05, 3.63) is 23.9 Å². The highest BCUT2D eigenvalue weighted by molar-refractivity contribution is 14.0. The molecule has 10 heteroatoms. The van der Waals surface area contributed by atoms with Crippen LogP contribution in [0.25, 0.3) is 0 Å². The van der Waals surface area contributed by atoms with Crippen molar-refractivity contribution in [2.24, 2.45) is 22.6 Å². The molecule has 33 heavy (non-hydrogen) atoms. The maximum Gasteiger partial charge on any atom is 0.309 e. The van der Waals surface area contributed by atoms with Gasteiger partial charge in [-0.15, -0.1) is 24.0 Å². The number of carbonyl (C=O) groups is 2. The van der Waals surface area contributed by atoms with Crippen molar-refractivity contribution in [3.8, 4) is 0 Å². The lowest BCUT2D eigenvalue weighted by molar-refractivity contribution is -0.149. The molecule has 0 spiro atoms. The summed E-state index contributed by atoms with van der Waals surface area (Å²) in [5, 5.41) is 3.38. The molecule has 2 aliphatic rings. The van der Waals surface area contributed by atoms with Crippen LogP contribution >= 0.6 is 24.0 Å². The SMILES string of the molecule is CCNC(=NCc1cccnc1N1CCC(C(N)=O)CC1)N1CCC(C(=O)OCC)CC1.I. The molecule has 0 radical (unpaired) electrons. The number of halogens is 1. The third-order valence-electron chi connectivity index (χ3n) is 6.21. The molecular weight excluding hydrogens is 535 g/mol. The smallest absolute Gasteiger partial charge is 0.309 e. The molecule has 1 amide bonds. The number of likely N-dealkylation sites (tertiary alicyclic amines) is 1. The van der Waals surface area contributed by atoms with Crippen molar-refractivity contribution < 1.29 is 14.3 Å². The van der Waals surface area contributed by atoms with Crippen LogP contribution in [0, 0.1) is 11.8 Å². The van der Waals surface area contributed by atoms with Gasteiger partial charge in [0, 0.05) is 50.4 Å². The Balaban J connectivity index is 0.00000385. The monoisotopic (exact) mass is 572 g/mol. The number of guanidine groups is 1. The number of hydrogen-bond donors (Lipinski definition) is 2. The summed E-state index contributed by atoms with van der Waals surface area (Å²) in [6.07, 6.45) is 4.86. The number of hydrogen-bond acceptors (Lipinski definition) is 6. The molecule has 0 atom stereocenters. The van der Waals surface area contributed by atoms with E-state index in [1.807, 2.05) is 13.0 Å². The van der Waals surface area contributed by atoms with E-state index in [2.05, 4.69) is 33.1 Å². The van der Waals surface area contributed by atoms with Crippen molar-refractivity contribution in [1.82, 2.24) is 15.2 Å². The van der Waals surface area contributed by atoms with Crippen LogP contribution in [0.3, 0.4) is 0 Å². The summed E-state index contributed by atoms with van der Waals surface area (Å²) >= 11 is 0. The summed E-state index contributed by atoms with van der Waals surface area (Å²) in [5.74, 6) is 1.41. The van der Waals surface area contributed by atoms with Gasteiger partial charge in [0.1, 0.15) is 5.82 Å². The second-order valence-corrected chi connectivity index (χ2v) is 8.33. The molecular formula is C23H37IN6O3. The lowest BCUT2D eigenvalue weighted by Crippen LogP contribution is -2.46. The van der Waals surface area contributed by atoms with E-state index >= 15 is 0 Å². The summed E-state index contributed by atoms with van der Waals surface area (Å²) in [6, 6.07) is 3.99. The second-order valence-electron chi connectivity index (χ2n) is 8.33. The molecule has 0 aromatic carbocycles. The minimum absolute atomic E-state index is 0. The lowest BCUT2D eigenvalue weighted by Gasteiger charge is -2.34. The number of rotatable bonds is 7. The van der Waals surface area contributed by atoms with Gasteiger partial charge < -0.3 is 25.6 Å². The molecule has 3 N–H and O–H groups in total. The standard InChI is InChI=1S/C23H36N6O3.HI/c1-3-25-23(29-14-9-18(10-15-29)22(31)32-4-2)27-16-19-6-5-11-26-21(19)28-12-7-17(8-13-28)20(24)30;/h5-6,11,17-18H,3-4,7-10,12-16H2,1-2H3,(H2,24,30)(H,25,27);1H. The number of amides is 1. The predicted octanol–water partition coefficient (Wildman–Crippen LogP) is 2.14. The van der Waals surface area contributed by atoms with Crippen LogP contribution in [0.4, 0.5) is 5.82 Å². The molecule has 0 aliphatic carbocycles. The van der Waals surface area contributed by atoms with Crippen LogP contribution in [0.1, 0.15) is 45.1 Å². The zero-order chi connectivity index (χ0) is 22.9. The Bertz CT molecular complexity index is 805. The first kappa shape index (κ1) is 27.1. The minimum Gasteiger partial charge on any atom is -0.466 e. The van der Waals surface area contributed by atoms with Gasteiger partial charge in [-0.1, -0.05) is 6.07 Å². The average molecular weight is 572 g/mol. The number of anilines is 1. The number of nitrogens with zero attached hydrogens (tertiary/aromatic N) is 4. The Hall–Kier alpha value is -2.11. The number of aliphatic imine (C=N–C) groups is 1. The number of nitrogens with one attached hydrogen (secondary N) is 1. The quantitative estimate of drug-likeness (QED) is 0.223. The normalized spacial score (nSPS) is 17.9. The molecule has 2 saturated heterocycles. The van der Waals surface area contributed by atoms with Gasteiger partial charge in [-0.3, -0.25) is 9.59 Å². The molecule has 0 bridgehead atoms. The molecule has 184 valence electrons.